The van der Waals surface area contributed by atoms with Crippen LogP contribution in [0.2, 0.25) is 0 Å². The molecule has 1 fully saturated rings. The minimum absolute atomic E-state index is 0.166. The minimum atomic E-state index is -0.166. The van der Waals surface area contributed by atoms with E-state index in [2.05, 4.69) is 52.0 Å². The van der Waals surface area contributed by atoms with E-state index >= 15 is 0 Å². The molecule has 0 radical (unpaired) electrons. The maximum Gasteiger partial charge on any atom is 0.0582 e. The molecule has 1 aliphatic rings. The van der Waals surface area contributed by atoms with Crippen LogP contribution in [0.3, 0.4) is 0 Å². The zero-order valence-corrected chi connectivity index (χ0v) is 11.4. The lowest BCUT2D eigenvalue weighted by Gasteiger charge is -2.12. The first kappa shape index (κ1) is 12.6. The van der Waals surface area contributed by atoms with E-state index < -0.39 is 0 Å². The molecule has 0 saturated heterocycles. The summed E-state index contributed by atoms with van der Waals surface area (Å²) in [5.41, 5.74) is 1.88. The Balaban J connectivity index is 1.90. The predicted molar refractivity (Wildman–Crippen MR) is 71.8 cm³/mol. The lowest BCUT2D eigenvalue weighted by Crippen LogP contribution is -2.15. The van der Waals surface area contributed by atoms with Crippen LogP contribution in [0.25, 0.3) is 0 Å². The molecule has 0 bridgehead atoms. The van der Waals surface area contributed by atoms with Crippen LogP contribution in [0.5, 0.6) is 0 Å². The molecule has 0 heterocycles. The van der Waals surface area contributed by atoms with Gasteiger partial charge in [0.1, 0.15) is 0 Å². The van der Waals surface area contributed by atoms with Crippen molar-refractivity contribution in [2.45, 2.75) is 46.6 Å². The molecule has 0 spiro atoms. The van der Waals surface area contributed by atoms with E-state index in [4.69, 9.17) is 0 Å². The highest BCUT2D eigenvalue weighted by Gasteiger charge is 2.66. The molecule has 1 atom stereocenters. The van der Waals surface area contributed by atoms with Gasteiger partial charge in [-0.3, -0.25) is 0 Å². The lowest BCUT2D eigenvalue weighted by molar-refractivity contribution is 0.120. The second kappa shape index (κ2) is 4.13. The van der Waals surface area contributed by atoms with Crippen LogP contribution in [0.4, 0.5) is 0 Å². The van der Waals surface area contributed by atoms with E-state index in [0.717, 1.165) is 12.8 Å². The Bertz CT molecular complexity index is 364. The molecule has 94 valence electrons. The summed E-state index contributed by atoms with van der Waals surface area (Å²) < 4.78 is 0. The van der Waals surface area contributed by atoms with Crippen LogP contribution in [-0.2, 0) is 6.42 Å². The van der Waals surface area contributed by atoms with Crippen molar-refractivity contribution in [1.82, 2.24) is 0 Å². The fourth-order valence-electron chi connectivity index (χ4n) is 3.34. The summed E-state index contributed by atoms with van der Waals surface area (Å²) in [5, 5.41) is 10.3. The molecule has 1 nitrogen and oxygen atoms in total. The van der Waals surface area contributed by atoms with Crippen LogP contribution < -0.4 is 0 Å². The summed E-state index contributed by atoms with van der Waals surface area (Å²) in [4.78, 5) is 0. The third-order valence-corrected chi connectivity index (χ3v) is 5.09. The van der Waals surface area contributed by atoms with E-state index in [1.807, 2.05) is 6.07 Å². The Hall–Kier alpha value is -0.820. The van der Waals surface area contributed by atoms with Gasteiger partial charge in [-0.05, 0) is 35.2 Å². The maximum absolute atomic E-state index is 10.3. The zero-order valence-electron chi connectivity index (χ0n) is 11.4. The van der Waals surface area contributed by atoms with Crippen molar-refractivity contribution in [3.8, 4) is 0 Å². The third kappa shape index (κ3) is 2.13. The molecule has 1 aliphatic carbocycles. The first-order valence-corrected chi connectivity index (χ1v) is 6.59. The lowest BCUT2D eigenvalue weighted by atomic mass is 10.00. The van der Waals surface area contributed by atoms with Crippen LogP contribution in [0.1, 0.15) is 39.7 Å². The fraction of sp³-hybridized carbons (Fsp3) is 0.625. The van der Waals surface area contributed by atoms with Gasteiger partial charge in [-0.15, -0.1) is 0 Å². The summed E-state index contributed by atoms with van der Waals surface area (Å²) in [6.07, 6.45) is 1.69. The summed E-state index contributed by atoms with van der Waals surface area (Å²) in [5.74, 6) is 0.443. The quantitative estimate of drug-likeness (QED) is 0.840. The van der Waals surface area contributed by atoms with Gasteiger partial charge in [-0.1, -0.05) is 58.0 Å². The fourth-order valence-corrected chi connectivity index (χ4v) is 3.34. The molecular formula is C16H24O. The summed E-state index contributed by atoms with van der Waals surface area (Å²) in [7, 11) is 0. The molecule has 1 aromatic carbocycles. The van der Waals surface area contributed by atoms with E-state index in [9.17, 15) is 5.11 Å². The molecule has 1 aromatic rings. The van der Waals surface area contributed by atoms with E-state index in [1.165, 1.54) is 5.56 Å². The molecule has 1 N–H and O–H groups in total. The van der Waals surface area contributed by atoms with Crippen molar-refractivity contribution in [2.75, 3.05) is 0 Å². The number of hydrogen-bond acceptors (Lipinski definition) is 1. The van der Waals surface area contributed by atoms with Crippen molar-refractivity contribution >= 4 is 0 Å². The van der Waals surface area contributed by atoms with Gasteiger partial charge in [0.25, 0.3) is 0 Å². The highest BCUT2D eigenvalue weighted by molar-refractivity contribution is 5.17. The number of aliphatic hydroxyl groups excluding tert-OH is 1. The predicted octanol–water partition coefficient (Wildman–Crippen LogP) is 3.66. The average molecular weight is 232 g/mol. The molecule has 2 rings (SSSR count). The Morgan fingerprint density at radius 1 is 1.06 bits per heavy atom. The van der Waals surface area contributed by atoms with Crippen molar-refractivity contribution in [3.63, 3.8) is 0 Å². The van der Waals surface area contributed by atoms with Crippen molar-refractivity contribution in [3.05, 3.63) is 35.9 Å². The van der Waals surface area contributed by atoms with Crippen LogP contribution in [0, 0.1) is 16.7 Å². The van der Waals surface area contributed by atoms with Crippen LogP contribution in [-0.4, -0.2) is 11.2 Å². The Morgan fingerprint density at radius 3 is 2.06 bits per heavy atom. The SMILES string of the molecule is CC1(C)C(C(O)CCc2ccccc2)C1(C)C. The summed E-state index contributed by atoms with van der Waals surface area (Å²) >= 11 is 0. The molecule has 1 heteroatoms. The number of aliphatic hydroxyl groups is 1. The number of rotatable bonds is 4. The first-order valence-electron chi connectivity index (χ1n) is 6.59. The van der Waals surface area contributed by atoms with Crippen LogP contribution >= 0.6 is 0 Å². The largest absolute Gasteiger partial charge is 0.393 e. The van der Waals surface area contributed by atoms with Gasteiger partial charge in [0.15, 0.2) is 0 Å². The molecular weight excluding hydrogens is 208 g/mol. The maximum atomic E-state index is 10.3. The second-order valence-corrected chi connectivity index (χ2v) is 6.51. The first-order chi connectivity index (χ1) is 7.87. The number of benzene rings is 1. The van der Waals surface area contributed by atoms with Crippen molar-refractivity contribution in [2.24, 2.45) is 16.7 Å². The Kier molecular flexibility index (Phi) is 3.07. The third-order valence-electron chi connectivity index (χ3n) is 5.09. The van der Waals surface area contributed by atoms with E-state index in [0.29, 0.717) is 5.92 Å². The molecule has 0 amide bonds. The normalized spacial score (nSPS) is 23.4. The highest BCUT2D eigenvalue weighted by atomic mass is 16.3. The molecule has 17 heavy (non-hydrogen) atoms. The van der Waals surface area contributed by atoms with Gasteiger partial charge in [0.2, 0.25) is 0 Å². The topological polar surface area (TPSA) is 20.2 Å². The summed E-state index contributed by atoms with van der Waals surface area (Å²) in [6.45, 7) is 9.07. The number of hydrogen-bond donors (Lipinski definition) is 1. The van der Waals surface area contributed by atoms with Gasteiger partial charge in [0, 0.05) is 0 Å². The number of aryl methyl sites for hydroxylation is 1. The van der Waals surface area contributed by atoms with Gasteiger partial charge >= 0.3 is 0 Å². The Labute approximate surface area is 105 Å². The summed E-state index contributed by atoms with van der Waals surface area (Å²) in [6, 6.07) is 10.4. The van der Waals surface area contributed by atoms with Gasteiger partial charge in [-0.2, -0.15) is 0 Å². The molecule has 1 unspecified atom stereocenters. The van der Waals surface area contributed by atoms with Crippen LogP contribution in [0.15, 0.2) is 30.3 Å². The minimum Gasteiger partial charge on any atom is -0.393 e. The van der Waals surface area contributed by atoms with E-state index in [-0.39, 0.29) is 16.9 Å². The molecule has 0 aromatic heterocycles. The van der Waals surface area contributed by atoms with Gasteiger partial charge < -0.3 is 5.11 Å². The van der Waals surface area contributed by atoms with Gasteiger partial charge in [0.05, 0.1) is 6.10 Å². The Morgan fingerprint density at radius 2 is 1.59 bits per heavy atom. The standard InChI is InChI=1S/C16H24O/c1-15(2)14(16(15,3)4)13(17)11-10-12-8-6-5-7-9-12/h5-9,13-14,17H,10-11H2,1-4H3. The highest BCUT2D eigenvalue weighted by Crippen LogP contribution is 2.69. The monoisotopic (exact) mass is 232 g/mol. The molecule has 0 aliphatic heterocycles. The smallest absolute Gasteiger partial charge is 0.0582 e. The van der Waals surface area contributed by atoms with Gasteiger partial charge in [-0.25, -0.2) is 0 Å². The van der Waals surface area contributed by atoms with Crippen molar-refractivity contribution in [1.29, 1.82) is 0 Å². The zero-order chi connectivity index (χ0) is 12.7. The molecule has 1 saturated carbocycles. The second-order valence-electron chi connectivity index (χ2n) is 6.51. The van der Waals surface area contributed by atoms with E-state index in [1.54, 1.807) is 0 Å². The average Bonchev–Trinajstić information content (AvgIpc) is 2.68. The van der Waals surface area contributed by atoms with Crippen molar-refractivity contribution < 1.29 is 5.11 Å².